The number of hydrogen-bond acceptors (Lipinski definition) is 0. The first-order valence-electron chi connectivity index (χ1n) is 4.88. The zero-order valence-corrected chi connectivity index (χ0v) is 8.25. The first-order chi connectivity index (χ1) is 5.81. The highest BCUT2D eigenvalue weighted by Gasteiger charge is 2.42. The first kappa shape index (κ1) is 10.9. The van der Waals surface area contributed by atoms with Gasteiger partial charge in [-0.15, -0.1) is 0 Å². The monoisotopic (exact) mass is 194 g/mol. The summed E-state index contributed by atoms with van der Waals surface area (Å²) < 4.78 is 37.4. The van der Waals surface area contributed by atoms with Crippen LogP contribution in [0.15, 0.2) is 0 Å². The quantitative estimate of drug-likeness (QED) is 0.508. The Morgan fingerprint density at radius 1 is 1.15 bits per heavy atom. The number of alkyl halides is 3. The second-order valence-corrected chi connectivity index (χ2v) is 4.85. The Bertz CT molecular complexity index is 169. The van der Waals surface area contributed by atoms with Crippen molar-refractivity contribution in [2.45, 2.75) is 52.1 Å². The molecule has 1 saturated carbocycles. The third kappa shape index (κ3) is 3.20. The van der Waals surface area contributed by atoms with Crippen molar-refractivity contribution in [2.24, 2.45) is 11.3 Å². The van der Waals surface area contributed by atoms with Crippen LogP contribution >= 0.6 is 0 Å². The summed E-state index contributed by atoms with van der Waals surface area (Å²) in [5, 5.41) is 0. The summed E-state index contributed by atoms with van der Waals surface area (Å²) in [6.07, 6.45) is -0.752. The van der Waals surface area contributed by atoms with Crippen molar-refractivity contribution >= 4 is 0 Å². The Balaban J connectivity index is 2.65. The molecule has 0 aliphatic heterocycles. The van der Waals surface area contributed by atoms with E-state index < -0.39 is 12.1 Å². The summed E-state index contributed by atoms with van der Waals surface area (Å²) in [5.74, 6) is -1.06. The largest absolute Gasteiger partial charge is 0.391 e. The molecule has 1 aliphatic carbocycles. The molecule has 13 heavy (non-hydrogen) atoms. The lowest BCUT2D eigenvalue weighted by Crippen LogP contribution is -2.26. The van der Waals surface area contributed by atoms with Gasteiger partial charge in [-0.25, -0.2) is 0 Å². The molecule has 0 spiro atoms. The van der Waals surface area contributed by atoms with Crippen molar-refractivity contribution in [3.8, 4) is 0 Å². The van der Waals surface area contributed by atoms with Gasteiger partial charge in [-0.3, -0.25) is 0 Å². The van der Waals surface area contributed by atoms with Crippen LogP contribution in [0.3, 0.4) is 0 Å². The van der Waals surface area contributed by atoms with Gasteiger partial charge in [0.15, 0.2) is 0 Å². The summed E-state index contributed by atoms with van der Waals surface area (Å²) in [6.45, 7) is 3.88. The van der Waals surface area contributed by atoms with Crippen LogP contribution in [0, 0.1) is 11.3 Å². The molecule has 78 valence electrons. The van der Waals surface area contributed by atoms with E-state index in [1.807, 2.05) is 13.8 Å². The number of halogens is 3. The van der Waals surface area contributed by atoms with Crippen LogP contribution in [0.5, 0.6) is 0 Å². The molecule has 0 N–H and O–H groups in total. The predicted octanol–water partition coefficient (Wildman–Crippen LogP) is 4.16. The molecular weight excluding hydrogens is 177 g/mol. The maximum absolute atomic E-state index is 12.5. The van der Waals surface area contributed by atoms with E-state index in [1.54, 1.807) is 0 Å². The topological polar surface area (TPSA) is 0 Å². The van der Waals surface area contributed by atoms with Crippen molar-refractivity contribution in [3.05, 3.63) is 0 Å². The molecule has 1 atom stereocenters. The van der Waals surface area contributed by atoms with E-state index in [-0.39, 0.29) is 5.41 Å². The minimum absolute atomic E-state index is 0.128. The lowest BCUT2D eigenvalue weighted by atomic mass is 9.81. The van der Waals surface area contributed by atoms with Gasteiger partial charge >= 0.3 is 6.18 Å². The average Bonchev–Trinajstić information content (AvgIpc) is 2.08. The van der Waals surface area contributed by atoms with Crippen molar-refractivity contribution < 1.29 is 13.2 Å². The van der Waals surface area contributed by atoms with E-state index >= 15 is 0 Å². The van der Waals surface area contributed by atoms with E-state index in [2.05, 4.69) is 0 Å². The number of hydrogen-bond donors (Lipinski definition) is 0. The molecule has 0 radical (unpaired) electrons. The van der Waals surface area contributed by atoms with Crippen LogP contribution in [-0.4, -0.2) is 6.18 Å². The Labute approximate surface area is 77.5 Å². The molecular formula is C10H17F3. The average molecular weight is 194 g/mol. The highest BCUT2D eigenvalue weighted by atomic mass is 19.4. The van der Waals surface area contributed by atoms with Crippen molar-refractivity contribution in [3.63, 3.8) is 0 Å². The molecule has 0 aromatic rings. The normalized spacial score (nSPS) is 29.8. The summed E-state index contributed by atoms with van der Waals surface area (Å²) in [6, 6.07) is 0. The zero-order valence-electron chi connectivity index (χ0n) is 8.25. The third-order valence-corrected chi connectivity index (χ3v) is 2.92. The van der Waals surface area contributed by atoms with Gasteiger partial charge in [0, 0.05) is 0 Å². The molecule has 1 unspecified atom stereocenters. The van der Waals surface area contributed by atoms with Crippen LogP contribution in [0.4, 0.5) is 13.2 Å². The molecule has 0 bridgehead atoms. The van der Waals surface area contributed by atoms with Crippen LogP contribution < -0.4 is 0 Å². The smallest absolute Gasteiger partial charge is 0.171 e. The van der Waals surface area contributed by atoms with Gasteiger partial charge in [-0.2, -0.15) is 13.2 Å². The fourth-order valence-electron chi connectivity index (χ4n) is 2.14. The molecule has 0 aromatic heterocycles. The molecule has 1 aliphatic rings. The summed E-state index contributed by atoms with van der Waals surface area (Å²) in [5.41, 5.74) is -0.128. The fourth-order valence-corrected chi connectivity index (χ4v) is 2.14. The highest BCUT2D eigenvalue weighted by molar-refractivity contribution is 4.80. The van der Waals surface area contributed by atoms with Crippen LogP contribution in [0.25, 0.3) is 0 Å². The fraction of sp³-hybridized carbons (Fsp3) is 1.00. The number of rotatable bonds is 0. The van der Waals surface area contributed by atoms with Crippen LogP contribution in [-0.2, 0) is 0 Å². The molecule has 0 aromatic carbocycles. The Morgan fingerprint density at radius 2 is 1.77 bits per heavy atom. The van der Waals surface area contributed by atoms with Gasteiger partial charge in [0.25, 0.3) is 0 Å². The molecule has 1 fully saturated rings. The van der Waals surface area contributed by atoms with Crippen molar-refractivity contribution in [1.82, 2.24) is 0 Å². The Morgan fingerprint density at radius 3 is 2.31 bits per heavy atom. The van der Waals surface area contributed by atoms with Crippen LogP contribution in [0.2, 0.25) is 0 Å². The Kier molecular flexibility index (Phi) is 2.93. The van der Waals surface area contributed by atoms with Crippen molar-refractivity contribution in [2.75, 3.05) is 0 Å². The minimum Gasteiger partial charge on any atom is -0.171 e. The second kappa shape index (κ2) is 3.50. The summed E-state index contributed by atoms with van der Waals surface area (Å²) >= 11 is 0. The maximum atomic E-state index is 12.5. The molecule has 3 heteroatoms. The molecule has 0 saturated heterocycles. The van der Waals surface area contributed by atoms with Gasteiger partial charge in [-0.05, 0) is 24.7 Å². The van der Waals surface area contributed by atoms with E-state index in [4.69, 9.17) is 0 Å². The van der Waals surface area contributed by atoms with Gasteiger partial charge in [0.2, 0.25) is 0 Å². The van der Waals surface area contributed by atoms with Gasteiger partial charge < -0.3 is 0 Å². The predicted molar refractivity (Wildman–Crippen MR) is 46.4 cm³/mol. The van der Waals surface area contributed by atoms with Crippen LogP contribution in [0.1, 0.15) is 46.0 Å². The van der Waals surface area contributed by atoms with E-state index in [1.165, 1.54) is 0 Å². The molecule has 0 nitrogen and oxygen atoms in total. The van der Waals surface area contributed by atoms with E-state index in [0.717, 1.165) is 19.3 Å². The van der Waals surface area contributed by atoms with E-state index in [9.17, 15) is 13.2 Å². The van der Waals surface area contributed by atoms with Gasteiger partial charge in [0.05, 0.1) is 5.92 Å². The summed E-state index contributed by atoms with van der Waals surface area (Å²) in [4.78, 5) is 0. The molecule has 0 heterocycles. The van der Waals surface area contributed by atoms with E-state index in [0.29, 0.717) is 12.8 Å². The lowest BCUT2D eigenvalue weighted by Gasteiger charge is -2.27. The first-order valence-corrected chi connectivity index (χ1v) is 4.88. The maximum Gasteiger partial charge on any atom is 0.391 e. The van der Waals surface area contributed by atoms with Crippen molar-refractivity contribution in [1.29, 1.82) is 0 Å². The standard InChI is InChI=1S/C10H17F3/c1-9(2)6-4-3-5-8(7-9)10(11,12)13/h8H,3-7H2,1-2H3. The Hall–Kier alpha value is -0.210. The molecule has 0 amide bonds. The minimum atomic E-state index is -3.98. The molecule has 1 rings (SSSR count). The second-order valence-electron chi connectivity index (χ2n) is 4.85. The highest BCUT2D eigenvalue weighted by Crippen LogP contribution is 2.43. The van der Waals surface area contributed by atoms with Gasteiger partial charge in [0.1, 0.15) is 0 Å². The summed E-state index contributed by atoms with van der Waals surface area (Å²) in [7, 11) is 0. The zero-order chi connectivity index (χ0) is 10.1. The SMILES string of the molecule is CC1(C)CCCCC(C(F)(F)F)C1. The van der Waals surface area contributed by atoms with Gasteiger partial charge in [-0.1, -0.05) is 26.7 Å². The third-order valence-electron chi connectivity index (χ3n) is 2.92. The lowest BCUT2D eigenvalue weighted by molar-refractivity contribution is -0.182.